The molecule has 1 unspecified atom stereocenters. The lowest BCUT2D eigenvalue weighted by molar-refractivity contribution is 0.0859. The molecule has 132 valence electrons. The fourth-order valence-electron chi connectivity index (χ4n) is 3.16. The smallest absolute Gasteiger partial charge is 0.252 e. The lowest BCUT2D eigenvalue weighted by atomic mass is 10.0. The Bertz CT molecular complexity index is 940. The number of fused-ring (bicyclic) bond motifs is 1. The summed E-state index contributed by atoms with van der Waals surface area (Å²) >= 11 is 6.14. The number of nitrogens with one attached hydrogen (secondary N) is 1. The zero-order chi connectivity index (χ0) is 17.9. The molecule has 1 aliphatic heterocycles. The fraction of sp³-hybridized carbons (Fsp3) is 0.250. The minimum atomic E-state index is -0.152. The van der Waals surface area contributed by atoms with Crippen LogP contribution in [0, 0.1) is 0 Å². The van der Waals surface area contributed by atoms with E-state index in [9.17, 15) is 4.79 Å². The quantitative estimate of drug-likeness (QED) is 0.760. The number of carbonyl (C=O) groups excluding carboxylic acids is 1. The normalized spacial score (nSPS) is 16.7. The first-order chi connectivity index (χ1) is 12.7. The molecule has 3 aromatic rings. The van der Waals surface area contributed by atoms with E-state index in [1.165, 1.54) is 0 Å². The van der Waals surface area contributed by atoms with Crippen LogP contribution in [0.1, 0.15) is 23.2 Å². The van der Waals surface area contributed by atoms with Crippen molar-refractivity contribution in [3.8, 4) is 11.3 Å². The van der Waals surface area contributed by atoms with Gasteiger partial charge in [0.05, 0.1) is 22.9 Å². The zero-order valence-corrected chi connectivity index (χ0v) is 14.9. The molecule has 1 atom stereocenters. The number of pyridine rings is 2. The number of aromatic nitrogens is 2. The maximum atomic E-state index is 12.9. The SMILES string of the molecule is O=C(NCC1CCCO1)c1cc(-c2cccnc2)nc2ccc(Cl)cc12. The van der Waals surface area contributed by atoms with Gasteiger partial charge in [-0.1, -0.05) is 11.6 Å². The second-order valence-corrected chi connectivity index (χ2v) is 6.74. The predicted octanol–water partition coefficient (Wildman–Crippen LogP) is 3.86. The van der Waals surface area contributed by atoms with Crippen molar-refractivity contribution in [1.82, 2.24) is 15.3 Å². The summed E-state index contributed by atoms with van der Waals surface area (Å²) in [5.74, 6) is -0.152. The van der Waals surface area contributed by atoms with E-state index in [1.807, 2.05) is 18.2 Å². The maximum absolute atomic E-state index is 12.9. The van der Waals surface area contributed by atoms with Crippen LogP contribution >= 0.6 is 11.6 Å². The van der Waals surface area contributed by atoms with Crippen LogP contribution in [-0.2, 0) is 4.74 Å². The van der Waals surface area contributed by atoms with Crippen molar-refractivity contribution in [2.24, 2.45) is 0 Å². The number of amides is 1. The Labute approximate surface area is 156 Å². The Morgan fingerprint density at radius 2 is 2.23 bits per heavy atom. The highest BCUT2D eigenvalue weighted by Crippen LogP contribution is 2.27. The first-order valence-corrected chi connectivity index (χ1v) is 8.99. The Morgan fingerprint density at radius 1 is 1.31 bits per heavy atom. The molecule has 0 saturated carbocycles. The Kier molecular flexibility index (Phi) is 4.82. The van der Waals surface area contributed by atoms with E-state index in [1.54, 1.807) is 30.6 Å². The van der Waals surface area contributed by atoms with Gasteiger partial charge in [-0.2, -0.15) is 0 Å². The van der Waals surface area contributed by atoms with E-state index in [0.29, 0.717) is 22.8 Å². The van der Waals surface area contributed by atoms with Crippen LogP contribution in [0.15, 0.2) is 48.8 Å². The molecule has 1 aromatic carbocycles. The summed E-state index contributed by atoms with van der Waals surface area (Å²) in [4.78, 5) is 21.7. The first-order valence-electron chi connectivity index (χ1n) is 8.61. The molecular formula is C20H18ClN3O2. The predicted molar refractivity (Wildman–Crippen MR) is 101 cm³/mol. The van der Waals surface area contributed by atoms with Gasteiger partial charge in [-0.15, -0.1) is 0 Å². The van der Waals surface area contributed by atoms with E-state index in [2.05, 4.69) is 15.3 Å². The number of nitrogens with zero attached hydrogens (tertiary/aromatic N) is 2. The third-order valence-electron chi connectivity index (χ3n) is 4.49. The third kappa shape index (κ3) is 3.54. The Morgan fingerprint density at radius 3 is 3.00 bits per heavy atom. The van der Waals surface area contributed by atoms with E-state index >= 15 is 0 Å². The van der Waals surface area contributed by atoms with Crippen LogP contribution in [0.3, 0.4) is 0 Å². The topological polar surface area (TPSA) is 64.1 Å². The largest absolute Gasteiger partial charge is 0.376 e. The third-order valence-corrected chi connectivity index (χ3v) is 4.72. The molecule has 4 rings (SSSR count). The molecule has 1 saturated heterocycles. The molecule has 6 heteroatoms. The lowest BCUT2D eigenvalue weighted by Crippen LogP contribution is -2.32. The molecule has 1 fully saturated rings. The van der Waals surface area contributed by atoms with Gasteiger partial charge in [0.15, 0.2) is 0 Å². The standard InChI is InChI=1S/C20H18ClN3O2/c21-14-5-6-18-16(9-14)17(20(25)23-12-15-4-2-8-26-15)10-19(24-18)13-3-1-7-22-11-13/h1,3,5-7,9-11,15H,2,4,8,12H2,(H,23,25). The Hall–Kier alpha value is -2.50. The Balaban J connectivity index is 1.72. The second kappa shape index (κ2) is 7.40. The van der Waals surface area contributed by atoms with Gasteiger partial charge < -0.3 is 10.1 Å². The molecular weight excluding hydrogens is 350 g/mol. The highest BCUT2D eigenvalue weighted by molar-refractivity contribution is 6.31. The van der Waals surface area contributed by atoms with Gasteiger partial charge in [0, 0.05) is 41.5 Å². The van der Waals surface area contributed by atoms with Crippen LogP contribution in [0.25, 0.3) is 22.2 Å². The molecule has 5 nitrogen and oxygen atoms in total. The van der Waals surface area contributed by atoms with Gasteiger partial charge in [-0.3, -0.25) is 9.78 Å². The minimum absolute atomic E-state index is 0.0911. The van der Waals surface area contributed by atoms with Crippen molar-refractivity contribution in [1.29, 1.82) is 0 Å². The van der Waals surface area contributed by atoms with E-state index < -0.39 is 0 Å². The van der Waals surface area contributed by atoms with E-state index in [-0.39, 0.29) is 12.0 Å². The molecule has 0 aliphatic carbocycles. The summed E-state index contributed by atoms with van der Waals surface area (Å²) in [5, 5.41) is 4.28. The van der Waals surface area contributed by atoms with Gasteiger partial charge in [-0.25, -0.2) is 4.98 Å². The van der Waals surface area contributed by atoms with Crippen molar-refractivity contribution in [2.45, 2.75) is 18.9 Å². The molecule has 1 N–H and O–H groups in total. The van der Waals surface area contributed by atoms with Crippen LogP contribution in [0.2, 0.25) is 5.02 Å². The summed E-state index contributed by atoms with van der Waals surface area (Å²) in [6.07, 6.45) is 5.55. The average Bonchev–Trinajstić information content (AvgIpc) is 3.19. The van der Waals surface area contributed by atoms with Gasteiger partial charge in [0.1, 0.15) is 0 Å². The van der Waals surface area contributed by atoms with Gasteiger partial charge >= 0.3 is 0 Å². The molecule has 26 heavy (non-hydrogen) atoms. The number of carbonyl (C=O) groups is 1. The van der Waals surface area contributed by atoms with Crippen molar-refractivity contribution in [2.75, 3.05) is 13.2 Å². The summed E-state index contributed by atoms with van der Waals surface area (Å²) in [7, 11) is 0. The lowest BCUT2D eigenvalue weighted by Gasteiger charge is -2.13. The van der Waals surface area contributed by atoms with Crippen LogP contribution < -0.4 is 5.32 Å². The van der Waals surface area contributed by atoms with Crippen LogP contribution in [-0.4, -0.2) is 35.1 Å². The molecule has 1 amide bonds. The van der Waals surface area contributed by atoms with Crippen molar-refractivity contribution in [3.63, 3.8) is 0 Å². The number of rotatable bonds is 4. The number of halogens is 1. The van der Waals surface area contributed by atoms with Crippen LogP contribution in [0.5, 0.6) is 0 Å². The molecule has 1 aliphatic rings. The first kappa shape index (κ1) is 16.9. The monoisotopic (exact) mass is 367 g/mol. The highest BCUT2D eigenvalue weighted by Gasteiger charge is 2.19. The minimum Gasteiger partial charge on any atom is -0.376 e. The molecule has 2 aromatic heterocycles. The summed E-state index contributed by atoms with van der Waals surface area (Å²) in [5.41, 5.74) is 2.83. The summed E-state index contributed by atoms with van der Waals surface area (Å²) < 4.78 is 5.58. The number of ether oxygens (including phenoxy) is 1. The fourth-order valence-corrected chi connectivity index (χ4v) is 3.33. The van der Waals surface area contributed by atoms with Crippen molar-refractivity contribution < 1.29 is 9.53 Å². The van der Waals surface area contributed by atoms with Crippen LogP contribution in [0.4, 0.5) is 0 Å². The molecule has 0 spiro atoms. The van der Waals surface area contributed by atoms with Gasteiger partial charge in [-0.05, 0) is 49.2 Å². The maximum Gasteiger partial charge on any atom is 0.252 e. The number of benzene rings is 1. The van der Waals surface area contributed by atoms with E-state index in [0.717, 1.165) is 35.9 Å². The highest BCUT2D eigenvalue weighted by atomic mass is 35.5. The van der Waals surface area contributed by atoms with Crippen molar-refractivity contribution in [3.05, 3.63) is 59.4 Å². The molecule has 3 heterocycles. The second-order valence-electron chi connectivity index (χ2n) is 6.30. The number of hydrogen-bond donors (Lipinski definition) is 1. The molecule has 0 bridgehead atoms. The average molecular weight is 368 g/mol. The number of hydrogen-bond acceptors (Lipinski definition) is 4. The van der Waals surface area contributed by atoms with E-state index in [4.69, 9.17) is 16.3 Å². The molecule has 0 radical (unpaired) electrons. The van der Waals surface area contributed by atoms with Crippen molar-refractivity contribution >= 4 is 28.4 Å². The summed E-state index contributed by atoms with van der Waals surface area (Å²) in [6.45, 7) is 1.27. The van der Waals surface area contributed by atoms with Gasteiger partial charge in [0.2, 0.25) is 0 Å². The van der Waals surface area contributed by atoms with Gasteiger partial charge in [0.25, 0.3) is 5.91 Å². The zero-order valence-electron chi connectivity index (χ0n) is 14.1. The summed E-state index contributed by atoms with van der Waals surface area (Å²) in [6, 6.07) is 10.9.